The first-order valence-corrected chi connectivity index (χ1v) is 5.03. The zero-order valence-electron chi connectivity index (χ0n) is 7.57. The van der Waals surface area contributed by atoms with Crippen LogP contribution in [-0.4, -0.2) is 26.5 Å². The van der Waals surface area contributed by atoms with Crippen LogP contribution in [0.4, 0.5) is 0 Å². The summed E-state index contributed by atoms with van der Waals surface area (Å²) in [6, 6.07) is 1.57. The minimum absolute atomic E-state index is 0.0827. The molecule has 0 unspecified atom stereocenters. The maximum atomic E-state index is 10.5. The molecule has 0 aliphatic rings. The highest BCUT2D eigenvalue weighted by molar-refractivity contribution is 7.99. The molecule has 4 nitrogen and oxygen atoms in total. The van der Waals surface area contributed by atoms with Crippen molar-refractivity contribution in [1.82, 2.24) is 10.2 Å². The fourth-order valence-electron chi connectivity index (χ4n) is 0.802. The van der Waals surface area contributed by atoms with E-state index in [-0.39, 0.29) is 5.69 Å². The molecule has 2 N–H and O–H groups in total. The second-order valence-electron chi connectivity index (χ2n) is 2.94. The van der Waals surface area contributed by atoms with Gasteiger partial charge in [-0.2, -0.15) is 16.9 Å². The normalized spacial score (nSPS) is 10.7. The van der Waals surface area contributed by atoms with E-state index in [0.717, 1.165) is 11.4 Å². The Labute approximate surface area is 80.7 Å². The number of carboxylic acid groups (broad SMARTS) is 1. The summed E-state index contributed by atoms with van der Waals surface area (Å²) in [7, 11) is 0. The molecule has 0 aliphatic heterocycles. The van der Waals surface area contributed by atoms with Crippen LogP contribution in [0.25, 0.3) is 0 Å². The number of hydrogen-bond acceptors (Lipinski definition) is 3. The highest BCUT2D eigenvalue weighted by Gasteiger charge is 2.07. The number of hydrogen-bond donors (Lipinski definition) is 2. The van der Waals surface area contributed by atoms with E-state index in [1.54, 1.807) is 17.8 Å². The lowest BCUT2D eigenvalue weighted by Crippen LogP contribution is -1.95. The molecule has 5 heteroatoms. The molecule has 1 heterocycles. The van der Waals surface area contributed by atoms with Crippen LogP contribution in [-0.2, 0) is 5.75 Å². The van der Waals surface area contributed by atoms with Crippen molar-refractivity contribution in [2.75, 3.05) is 0 Å². The first-order valence-electron chi connectivity index (χ1n) is 3.98. The molecule has 0 amide bonds. The van der Waals surface area contributed by atoms with Crippen molar-refractivity contribution in [3.05, 3.63) is 17.5 Å². The SMILES string of the molecule is CC(C)SCc1cc(C(=O)O)n[nH]1. The fraction of sp³-hybridized carbons (Fsp3) is 0.500. The van der Waals surface area contributed by atoms with Crippen LogP contribution in [0, 0.1) is 0 Å². The van der Waals surface area contributed by atoms with Crippen molar-refractivity contribution in [2.24, 2.45) is 0 Å². The van der Waals surface area contributed by atoms with E-state index in [1.165, 1.54) is 0 Å². The van der Waals surface area contributed by atoms with Crippen LogP contribution in [0.5, 0.6) is 0 Å². The van der Waals surface area contributed by atoms with Crippen molar-refractivity contribution in [3.63, 3.8) is 0 Å². The van der Waals surface area contributed by atoms with Gasteiger partial charge in [0.15, 0.2) is 5.69 Å². The third-order valence-electron chi connectivity index (χ3n) is 1.42. The van der Waals surface area contributed by atoms with Crippen LogP contribution in [0.15, 0.2) is 6.07 Å². The molecule has 0 radical (unpaired) electrons. The minimum atomic E-state index is -0.989. The lowest BCUT2D eigenvalue weighted by molar-refractivity contribution is 0.0690. The number of aromatic amines is 1. The van der Waals surface area contributed by atoms with Gasteiger partial charge in [-0.05, 0) is 11.3 Å². The molecule has 0 aliphatic carbocycles. The van der Waals surface area contributed by atoms with Crippen molar-refractivity contribution >= 4 is 17.7 Å². The van der Waals surface area contributed by atoms with Crippen LogP contribution < -0.4 is 0 Å². The standard InChI is InChI=1S/C8H12N2O2S/c1-5(2)13-4-6-3-7(8(11)12)10-9-6/h3,5H,4H2,1-2H3,(H,9,10)(H,11,12). The lowest BCUT2D eigenvalue weighted by Gasteiger charge is -2.00. The van der Waals surface area contributed by atoms with Gasteiger partial charge in [0.25, 0.3) is 0 Å². The maximum Gasteiger partial charge on any atom is 0.356 e. The van der Waals surface area contributed by atoms with Crippen molar-refractivity contribution < 1.29 is 9.90 Å². The van der Waals surface area contributed by atoms with E-state index < -0.39 is 5.97 Å². The monoisotopic (exact) mass is 200 g/mol. The molecule has 13 heavy (non-hydrogen) atoms. The molecule has 0 saturated carbocycles. The molecule has 0 aromatic carbocycles. The summed E-state index contributed by atoms with van der Waals surface area (Å²) in [4.78, 5) is 10.5. The predicted molar refractivity (Wildman–Crippen MR) is 52.0 cm³/mol. The highest BCUT2D eigenvalue weighted by atomic mass is 32.2. The van der Waals surface area contributed by atoms with Crippen molar-refractivity contribution in [3.8, 4) is 0 Å². The van der Waals surface area contributed by atoms with Gasteiger partial charge in [0.1, 0.15) is 0 Å². The minimum Gasteiger partial charge on any atom is -0.476 e. The Kier molecular flexibility index (Phi) is 3.36. The molecular weight excluding hydrogens is 188 g/mol. The Morgan fingerprint density at radius 3 is 2.92 bits per heavy atom. The average molecular weight is 200 g/mol. The Hall–Kier alpha value is -0.970. The summed E-state index contributed by atoms with van der Waals surface area (Å²) < 4.78 is 0. The Morgan fingerprint density at radius 1 is 1.77 bits per heavy atom. The summed E-state index contributed by atoms with van der Waals surface area (Å²) in [6.07, 6.45) is 0. The zero-order chi connectivity index (χ0) is 9.84. The van der Waals surface area contributed by atoms with E-state index in [9.17, 15) is 4.79 Å². The van der Waals surface area contributed by atoms with Gasteiger partial charge in [-0.25, -0.2) is 4.79 Å². The topological polar surface area (TPSA) is 66.0 Å². The molecule has 0 atom stereocenters. The van der Waals surface area contributed by atoms with Gasteiger partial charge in [-0.1, -0.05) is 13.8 Å². The van der Waals surface area contributed by atoms with Crippen molar-refractivity contribution in [1.29, 1.82) is 0 Å². The molecule has 1 rings (SSSR count). The number of nitrogens with zero attached hydrogens (tertiary/aromatic N) is 1. The number of aromatic carboxylic acids is 1. The van der Waals surface area contributed by atoms with Gasteiger partial charge < -0.3 is 5.11 Å². The lowest BCUT2D eigenvalue weighted by atomic mass is 10.4. The third-order valence-corrected chi connectivity index (χ3v) is 2.57. The Bertz CT molecular complexity index is 296. The maximum absolute atomic E-state index is 10.5. The van der Waals surface area contributed by atoms with Crippen LogP contribution >= 0.6 is 11.8 Å². The van der Waals surface area contributed by atoms with Crippen LogP contribution in [0.1, 0.15) is 30.0 Å². The summed E-state index contributed by atoms with van der Waals surface area (Å²) >= 11 is 1.75. The number of carboxylic acids is 1. The largest absolute Gasteiger partial charge is 0.476 e. The van der Waals surface area contributed by atoms with Gasteiger partial charge >= 0.3 is 5.97 Å². The Morgan fingerprint density at radius 2 is 2.46 bits per heavy atom. The number of aromatic nitrogens is 2. The molecule has 1 aromatic heterocycles. The average Bonchev–Trinajstić information content (AvgIpc) is 2.48. The molecule has 1 aromatic rings. The quantitative estimate of drug-likeness (QED) is 0.777. The van der Waals surface area contributed by atoms with E-state index in [0.29, 0.717) is 5.25 Å². The smallest absolute Gasteiger partial charge is 0.356 e. The molecular formula is C8H12N2O2S. The van der Waals surface area contributed by atoms with E-state index in [2.05, 4.69) is 24.0 Å². The molecule has 0 saturated heterocycles. The fourth-order valence-corrected chi connectivity index (χ4v) is 1.46. The van der Waals surface area contributed by atoms with E-state index in [1.807, 2.05) is 0 Å². The van der Waals surface area contributed by atoms with Crippen LogP contribution in [0.3, 0.4) is 0 Å². The zero-order valence-corrected chi connectivity index (χ0v) is 8.39. The number of H-pyrrole nitrogens is 1. The number of thioether (sulfide) groups is 1. The van der Waals surface area contributed by atoms with Gasteiger partial charge in [-0.3, -0.25) is 5.10 Å². The second-order valence-corrected chi connectivity index (χ2v) is 4.51. The second kappa shape index (κ2) is 4.32. The number of rotatable bonds is 4. The van der Waals surface area contributed by atoms with Gasteiger partial charge in [0.2, 0.25) is 0 Å². The van der Waals surface area contributed by atoms with Crippen LogP contribution in [0.2, 0.25) is 0 Å². The first-order chi connectivity index (χ1) is 6.09. The molecule has 0 bridgehead atoms. The first kappa shape index (κ1) is 10.1. The van der Waals surface area contributed by atoms with E-state index >= 15 is 0 Å². The number of nitrogens with one attached hydrogen (secondary N) is 1. The summed E-state index contributed by atoms with van der Waals surface area (Å²) in [5.74, 6) is -0.213. The predicted octanol–water partition coefficient (Wildman–Crippen LogP) is 1.75. The molecule has 0 fully saturated rings. The summed E-state index contributed by atoms with van der Waals surface area (Å²) in [5, 5.41) is 15.5. The highest BCUT2D eigenvalue weighted by Crippen LogP contribution is 2.15. The number of carbonyl (C=O) groups is 1. The van der Waals surface area contributed by atoms with Gasteiger partial charge in [0, 0.05) is 11.4 Å². The molecule has 72 valence electrons. The summed E-state index contributed by atoms with van der Waals surface area (Å²) in [6.45, 7) is 4.19. The third kappa shape index (κ3) is 3.10. The van der Waals surface area contributed by atoms with Crippen molar-refractivity contribution in [2.45, 2.75) is 24.9 Å². The van der Waals surface area contributed by atoms with E-state index in [4.69, 9.17) is 5.11 Å². The summed E-state index contributed by atoms with van der Waals surface area (Å²) in [5.41, 5.74) is 0.940. The Balaban J connectivity index is 2.54. The van der Waals surface area contributed by atoms with Gasteiger partial charge in [-0.15, -0.1) is 0 Å². The van der Waals surface area contributed by atoms with Gasteiger partial charge in [0.05, 0.1) is 0 Å². The molecule has 0 spiro atoms.